The standard InChI is InChI=1S/C17H14N4O2/c1-10-3-5-12(8-18-10)21-15-6-4-11(17(22)23)7-13(15)14-9-20(2)19-16(14)21/h3-9H,1-2H3,(H,22,23). The highest BCUT2D eigenvalue weighted by molar-refractivity contribution is 6.09. The molecule has 0 aliphatic heterocycles. The van der Waals surface area contributed by atoms with Gasteiger partial charge in [0.15, 0.2) is 5.65 Å². The first-order chi connectivity index (χ1) is 11.0. The van der Waals surface area contributed by atoms with Crippen LogP contribution in [0.25, 0.3) is 27.6 Å². The molecule has 114 valence electrons. The molecule has 0 fully saturated rings. The van der Waals surface area contributed by atoms with Crippen molar-refractivity contribution >= 4 is 27.9 Å². The number of aromatic nitrogens is 4. The van der Waals surface area contributed by atoms with Gasteiger partial charge < -0.3 is 5.11 Å². The summed E-state index contributed by atoms with van der Waals surface area (Å²) in [6.45, 7) is 1.94. The number of hydrogen-bond donors (Lipinski definition) is 1. The first kappa shape index (κ1) is 13.5. The van der Waals surface area contributed by atoms with Crippen LogP contribution >= 0.6 is 0 Å². The Morgan fingerprint density at radius 2 is 2.00 bits per heavy atom. The topological polar surface area (TPSA) is 72.9 Å². The molecule has 0 aliphatic carbocycles. The molecular formula is C17H14N4O2. The van der Waals surface area contributed by atoms with E-state index in [1.807, 2.05) is 42.9 Å². The fraction of sp³-hybridized carbons (Fsp3) is 0.118. The van der Waals surface area contributed by atoms with Crippen molar-refractivity contribution in [1.29, 1.82) is 0 Å². The van der Waals surface area contributed by atoms with Crippen LogP contribution in [-0.2, 0) is 7.05 Å². The van der Waals surface area contributed by atoms with Crippen LogP contribution in [-0.4, -0.2) is 30.4 Å². The maximum Gasteiger partial charge on any atom is 0.335 e. The van der Waals surface area contributed by atoms with Crippen molar-refractivity contribution in [2.24, 2.45) is 7.05 Å². The second kappa shape index (κ2) is 4.67. The molecule has 1 N–H and O–H groups in total. The highest BCUT2D eigenvalue weighted by Crippen LogP contribution is 2.31. The molecule has 4 rings (SSSR count). The lowest BCUT2D eigenvalue weighted by Gasteiger charge is -2.06. The van der Waals surface area contributed by atoms with E-state index in [1.165, 1.54) is 0 Å². The largest absolute Gasteiger partial charge is 0.478 e. The number of aryl methyl sites for hydroxylation is 2. The zero-order valence-corrected chi connectivity index (χ0v) is 12.7. The van der Waals surface area contributed by atoms with Gasteiger partial charge in [-0.15, -0.1) is 0 Å². The van der Waals surface area contributed by atoms with E-state index in [0.29, 0.717) is 0 Å². The quantitative estimate of drug-likeness (QED) is 0.618. The van der Waals surface area contributed by atoms with E-state index in [1.54, 1.807) is 23.0 Å². The number of fused-ring (bicyclic) bond motifs is 3. The number of aromatic carboxylic acids is 1. The number of carbonyl (C=O) groups is 1. The minimum Gasteiger partial charge on any atom is -0.478 e. The zero-order valence-electron chi connectivity index (χ0n) is 12.7. The van der Waals surface area contributed by atoms with E-state index >= 15 is 0 Å². The van der Waals surface area contributed by atoms with Gasteiger partial charge >= 0.3 is 5.97 Å². The van der Waals surface area contributed by atoms with Crippen molar-refractivity contribution in [3.63, 3.8) is 0 Å². The Kier molecular flexibility index (Phi) is 2.74. The number of pyridine rings is 1. The lowest BCUT2D eigenvalue weighted by atomic mass is 10.1. The van der Waals surface area contributed by atoms with Crippen LogP contribution in [0.1, 0.15) is 16.1 Å². The third kappa shape index (κ3) is 1.99. The summed E-state index contributed by atoms with van der Waals surface area (Å²) in [5, 5.41) is 15.6. The predicted octanol–water partition coefficient (Wildman–Crippen LogP) is 2.92. The van der Waals surface area contributed by atoms with Crippen molar-refractivity contribution in [2.75, 3.05) is 0 Å². The second-order valence-corrected chi connectivity index (χ2v) is 5.57. The fourth-order valence-electron chi connectivity index (χ4n) is 2.88. The van der Waals surface area contributed by atoms with E-state index in [2.05, 4.69) is 10.1 Å². The summed E-state index contributed by atoms with van der Waals surface area (Å²) in [5.41, 5.74) is 3.81. The number of carboxylic acid groups (broad SMARTS) is 1. The van der Waals surface area contributed by atoms with Crippen LogP contribution in [0.2, 0.25) is 0 Å². The maximum absolute atomic E-state index is 11.3. The van der Waals surface area contributed by atoms with Crippen LogP contribution in [0, 0.1) is 6.92 Å². The van der Waals surface area contributed by atoms with Crippen LogP contribution in [0.5, 0.6) is 0 Å². The van der Waals surface area contributed by atoms with Gasteiger partial charge in [0.1, 0.15) is 0 Å². The minimum absolute atomic E-state index is 0.266. The van der Waals surface area contributed by atoms with Crippen molar-refractivity contribution in [1.82, 2.24) is 19.3 Å². The Hall–Kier alpha value is -3.15. The van der Waals surface area contributed by atoms with Gasteiger partial charge in [-0.1, -0.05) is 0 Å². The van der Waals surface area contributed by atoms with Crippen LogP contribution in [0.15, 0.2) is 42.7 Å². The maximum atomic E-state index is 11.3. The van der Waals surface area contributed by atoms with E-state index in [-0.39, 0.29) is 5.56 Å². The van der Waals surface area contributed by atoms with Gasteiger partial charge in [0, 0.05) is 29.7 Å². The molecule has 6 heteroatoms. The van der Waals surface area contributed by atoms with Crippen LogP contribution < -0.4 is 0 Å². The molecule has 6 nitrogen and oxygen atoms in total. The van der Waals surface area contributed by atoms with Crippen LogP contribution in [0.3, 0.4) is 0 Å². The summed E-state index contributed by atoms with van der Waals surface area (Å²) >= 11 is 0. The average Bonchev–Trinajstić information content (AvgIpc) is 3.03. The molecular weight excluding hydrogens is 292 g/mol. The van der Waals surface area contributed by atoms with Gasteiger partial charge in [-0.05, 0) is 37.3 Å². The lowest BCUT2D eigenvalue weighted by molar-refractivity contribution is 0.0697. The molecule has 3 heterocycles. The molecule has 0 atom stereocenters. The Morgan fingerprint density at radius 3 is 2.70 bits per heavy atom. The summed E-state index contributed by atoms with van der Waals surface area (Å²) < 4.78 is 3.73. The molecule has 0 saturated carbocycles. The van der Waals surface area contributed by atoms with Gasteiger partial charge in [0.05, 0.1) is 23.0 Å². The first-order valence-corrected chi connectivity index (χ1v) is 7.19. The van der Waals surface area contributed by atoms with Gasteiger partial charge in [0.2, 0.25) is 0 Å². The predicted molar refractivity (Wildman–Crippen MR) is 87.0 cm³/mol. The molecule has 0 unspecified atom stereocenters. The minimum atomic E-state index is -0.936. The summed E-state index contributed by atoms with van der Waals surface area (Å²) in [6, 6.07) is 9.06. The van der Waals surface area contributed by atoms with Crippen molar-refractivity contribution in [2.45, 2.75) is 6.92 Å². The van der Waals surface area contributed by atoms with Crippen molar-refractivity contribution < 1.29 is 9.90 Å². The Bertz CT molecular complexity index is 1060. The monoisotopic (exact) mass is 306 g/mol. The van der Waals surface area contributed by atoms with E-state index in [4.69, 9.17) is 0 Å². The molecule has 3 aromatic heterocycles. The number of nitrogens with zero attached hydrogens (tertiary/aromatic N) is 4. The Morgan fingerprint density at radius 1 is 1.17 bits per heavy atom. The van der Waals surface area contributed by atoms with E-state index in [9.17, 15) is 9.90 Å². The first-order valence-electron chi connectivity index (χ1n) is 7.19. The third-order valence-corrected chi connectivity index (χ3v) is 3.95. The van der Waals surface area contributed by atoms with Crippen molar-refractivity contribution in [3.8, 4) is 5.69 Å². The second-order valence-electron chi connectivity index (χ2n) is 5.57. The number of benzene rings is 1. The molecule has 0 amide bonds. The Balaban J connectivity index is 2.12. The highest BCUT2D eigenvalue weighted by atomic mass is 16.4. The molecule has 0 aliphatic rings. The average molecular weight is 306 g/mol. The van der Waals surface area contributed by atoms with E-state index < -0.39 is 5.97 Å². The van der Waals surface area contributed by atoms with Gasteiger partial charge in [-0.3, -0.25) is 14.2 Å². The summed E-state index contributed by atoms with van der Waals surface area (Å²) in [5.74, 6) is -0.936. The molecule has 1 aromatic carbocycles. The molecule has 0 spiro atoms. The molecule has 0 bridgehead atoms. The molecule has 0 saturated heterocycles. The molecule has 4 aromatic rings. The Labute approximate surface area is 131 Å². The smallest absolute Gasteiger partial charge is 0.335 e. The third-order valence-electron chi connectivity index (χ3n) is 3.95. The van der Waals surface area contributed by atoms with Crippen molar-refractivity contribution in [3.05, 3.63) is 54.0 Å². The van der Waals surface area contributed by atoms with Gasteiger partial charge in [-0.25, -0.2) is 4.79 Å². The zero-order chi connectivity index (χ0) is 16.1. The molecule has 0 radical (unpaired) electrons. The SMILES string of the molecule is Cc1ccc(-n2c3ccc(C(=O)O)cc3c3cn(C)nc32)cn1. The number of hydrogen-bond acceptors (Lipinski definition) is 3. The van der Waals surface area contributed by atoms with Crippen LogP contribution in [0.4, 0.5) is 0 Å². The van der Waals surface area contributed by atoms with E-state index in [0.717, 1.165) is 33.3 Å². The summed E-state index contributed by atoms with van der Waals surface area (Å²) in [7, 11) is 1.85. The fourth-order valence-corrected chi connectivity index (χ4v) is 2.88. The number of rotatable bonds is 2. The highest BCUT2D eigenvalue weighted by Gasteiger charge is 2.17. The normalized spacial score (nSPS) is 11.4. The number of carboxylic acids is 1. The lowest BCUT2D eigenvalue weighted by Crippen LogP contribution is -1.99. The van der Waals surface area contributed by atoms with Gasteiger partial charge in [-0.2, -0.15) is 5.10 Å². The summed E-state index contributed by atoms with van der Waals surface area (Å²) in [4.78, 5) is 15.6. The molecule has 23 heavy (non-hydrogen) atoms. The summed E-state index contributed by atoms with van der Waals surface area (Å²) in [6.07, 6.45) is 3.70. The van der Waals surface area contributed by atoms with Gasteiger partial charge in [0.25, 0.3) is 0 Å².